The second-order valence-corrected chi connectivity index (χ2v) is 21.0. The molecule has 6 aliphatic heterocycles. The Bertz CT molecular complexity index is 2580. The van der Waals surface area contributed by atoms with Crippen LogP contribution in [0.3, 0.4) is 0 Å². The number of methoxy groups -OCH3 is 1. The van der Waals surface area contributed by atoms with Crippen LogP contribution >= 0.6 is 0 Å². The van der Waals surface area contributed by atoms with Gasteiger partial charge in [0.25, 0.3) is 5.91 Å². The molecule has 6 bridgehead atoms. The number of phenolic OH excluding ortho intramolecular Hbond substituents is 1. The number of aromatic hydroxyl groups is 1. The van der Waals surface area contributed by atoms with Gasteiger partial charge in [0.1, 0.15) is 23.9 Å². The quantitative estimate of drug-likeness (QED) is 0.172. The molecule has 9 rings (SSSR count). The molecule has 16 nitrogen and oxygen atoms in total. The number of nitrogens with one attached hydrogen (secondary N) is 3. The van der Waals surface area contributed by atoms with Crippen LogP contribution in [0.4, 0.5) is 0 Å². The number of esters is 1. The number of aromatic nitrogens is 1. The van der Waals surface area contributed by atoms with Crippen molar-refractivity contribution in [3.63, 3.8) is 0 Å². The number of aryl methyl sites for hydroxylation is 1. The lowest BCUT2D eigenvalue weighted by Crippen LogP contribution is -2.62. The summed E-state index contributed by atoms with van der Waals surface area (Å²) < 4.78 is 14.3. The molecule has 0 saturated carbocycles. The van der Waals surface area contributed by atoms with Gasteiger partial charge in [-0.05, 0) is 111 Å². The Morgan fingerprint density at radius 2 is 1.82 bits per heavy atom. The van der Waals surface area contributed by atoms with Crippen LogP contribution < -0.4 is 16.1 Å². The van der Waals surface area contributed by atoms with Gasteiger partial charge < -0.3 is 39.6 Å². The number of likely N-dealkylation sites (tertiary alicyclic amines) is 2. The Morgan fingerprint density at radius 1 is 1.04 bits per heavy atom. The van der Waals surface area contributed by atoms with Crippen molar-refractivity contribution in [1.29, 1.82) is 0 Å². The molecule has 4 fully saturated rings. The number of carbonyl (C=O) groups excluding carboxylic acids is 5. The number of ether oxygens (including phenoxy) is 2. The third-order valence-electron chi connectivity index (χ3n) is 15.1. The van der Waals surface area contributed by atoms with Crippen molar-refractivity contribution in [1.82, 2.24) is 35.4 Å². The maximum atomic E-state index is 14.8. The number of cyclic esters (lactones) is 1. The molecular formula is C52H68N8O8. The van der Waals surface area contributed by atoms with Crippen molar-refractivity contribution in [2.45, 2.75) is 130 Å². The first-order valence-corrected chi connectivity index (χ1v) is 24.7. The van der Waals surface area contributed by atoms with E-state index in [4.69, 9.17) is 14.5 Å². The first-order valence-electron chi connectivity index (χ1n) is 24.7. The number of phenols is 1. The highest BCUT2D eigenvalue weighted by Gasteiger charge is 2.55. The highest BCUT2D eigenvalue weighted by Crippen LogP contribution is 2.44. The molecule has 6 atom stereocenters. The number of nitrogens with zero attached hydrogens (tertiary/aromatic N) is 5. The third-order valence-corrected chi connectivity index (χ3v) is 15.1. The average Bonchev–Trinajstić information content (AvgIpc) is 3.92. The molecule has 2 aromatic carbocycles. The molecular weight excluding hydrogens is 865 g/mol. The second-order valence-electron chi connectivity index (χ2n) is 21.0. The zero-order valence-electron chi connectivity index (χ0n) is 40.7. The number of amides is 4. The van der Waals surface area contributed by atoms with Crippen molar-refractivity contribution in [3.8, 4) is 16.9 Å². The number of aliphatic imine (C=N–C) groups is 1. The Balaban J connectivity index is 1.09. The highest BCUT2D eigenvalue weighted by molar-refractivity contribution is 5.97. The summed E-state index contributed by atoms with van der Waals surface area (Å²) in [6.45, 7) is 15.1. The van der Waals surface area contributed by atoms with Crippen molar-refractivity contribution >= 4 is 52.3 Å². The van der Waals surface area contributed by atoms with E-state index in [0.717, 1.165) is 57.4 Å². The number of carbonyl (C=O) groups is 5. The predicted molar refractivity (Wildman–Crippen MR) is 258 cm³/mol. The molecule has 364 valence electrons. The molecule has 0 unspecified atom stereocenters. The highest BCUT2D eigenvalue weighted by atomic mass is 16.5. The lowest BCUT2D eigenvalue weighted by molar-refractivity contribution is -0.155. The van der Waals surface area contributed by atoms with Gasteiger partial charge in [0.2, 0.25) is 17.7 Å². The maximum Gasteiger partial charge on any atom is 0.324 e. The molecule has 68 heavy (non-hydrogen) atoms. The van der Waals surface area contributed by atoms with Gasteiger partial charge in [-0.3, -0.25) is 34.0 Å². The van der Waals surface area contributed by atoms with Crippen molar-refractivity contribution in [2.24, 2.45) is 21.7 Å². The largest absolute Gasteiger partial charge is 0.508 e. The van der Waals surface area contributed by atoms with Crippen LogP contribution in [0.15, 0.2) is 47.1 Å². The molecule has 7 heterocycles. The Hall–Kier alpha value is -5.58. The van der Waals surface area contributed by atoms with Crippen LogP contribution in [-0.2, 0) is 52.8 Å². The summed E-state index contributed by atoms with van der Waals surface area (Å²) in [4.78, 5) is 79.2. The summed E-state index contributed by atoms with van der Waals surface area (Å²) >= 11 is 0. The van der Waals surface area contributed by atoms with Crippen LogP contribution in [0.1, 0.15) is 96.9 Å². The summed E-state index contributed by atoms with van der Waals surface area (Å²) in [6, 6.07) is 8.61. The fourth-order valence-corrected chi connectivity index (χ4v) is 11.4. The summed E-state index contributed by atoms with van der Waals surface area (Å²) in [5.41, 5.74) is 9.39. The Labute approximate surface area is 398 Å². The van der Waals surface area contributed by atoms with E-state index in [-0.39, 0.29) is 48.7 Å². The van der Waals surface area contributed by atoms with Crippen LogP contribution in [0.5, 0.6) is 5.75 Å². The average molecular weight is 933 g/mol. The SMILES string of the molecule is CCn1c(C2=C([C@H](C)OC)N=CCC2)c2c3cc(ccc31)-c1cc(O)cc(c1)C[C@H](NC(=O)[C@H](C(C)C)N1CC[C@@]3(CCN(C(=O)[C@H]4CN4)C3)C1=O)C(=O)N1CCC[C@H](N1)C(=O)OCC(C)(C)C2. The number of fused-ring (bicyclic) bond motifs is 6. The fraction of sp³-hybridized carbons (Fsp3) is 0.577. The lowest BCUT2D eigenvalue weighted by Gasteiger charge is -2.37. The van der Waals surface area contributed by atoms with E-state index in [9.17, 15) is 29.1 Å². The van der Waals surface area contributed by atoms with E-state index >= 15 is 0 Å². The number of hydrogen-bond donors (Lipinski definition) is 4. The minimum atomic E-state index is -1.14. The van der Waals surface area contributed by atoms with Gasteiger partial charge >= 0.3 is 5.97 Å². The molecule has 6 aliphatic rings. The molecule has 1 aromatic heterocycles. The zero-order valence-corrected chi connectivity index (χ0v) is 40.7. The number of hydrogen-bond acceptors (Lipinski definition) is 11. The summed E-state index contributed by atoms with van der Waals surface area (Å²) in [7, 11) is 1.70. The number of allylic oxidation sites excluding steroid dienone is 1. The van der Waals surface area contributed by atoms with Gasteiger partial charge in [0, 0.05) is 80.9 Å². The minimum absolute atomic E-state index is 0.00889. The monoisotopic (exact) mass is 933 g/mol. The first-order chi connectivity index (χ1) is 32.5. The van der Waals surface area contributed by atoms with E-state index < -0.39 is 46.7 Å². The van der Waals surface area contributed by atoms with Gasteiger partial charge in [0.15, 0.2) is 0 Å². The van der Waals surface area contributed by atoms with Crippen molar-refractivity contribution in [2.75, 3.05) is 46.4 Å². The van der Waals surface area contributed by atoms with Gasteiger partial charge in [-0.2, -0.15) is 0 Å². The van der Waals surface area contributed by atoms with E-state index in [1.54, 1.807) is 29.0 Å². The first kappa shape index (κ1) is 47.5. The molecule has 1 spiro atoms. The molecule has 4 saturated heterocycles. The van der Waals surface area contributed by atoms with Gasteiger partial charge in [0.05, 0.1) is 35.6 Å². The van der Waals surface area contributed by atoms with Crippen LogP contribution in [0, 0.1) is 16.7 Å². The van der Waals surface area contributed by atoms with Crippen LogP contribution in [0.25, 0.3) is 27.6 Å². The topological polar surface area (TPSA) is 197 Å². The number of hydrazine groups is 1. The fourth-order valence-electron chi connectivity index (χ4n) is 11.4. The van der Waals surface area contributed by atoms with Gasteiger partial charge in [-0.1, -0.05) is 39.8 Å². The van der Waals surface area contributed by atoms with Gasteiger partial charge in [-0.25, -0.2) is 5.43 Å². The molecule has 0 aliphatic carbocycles. The van der Waals surface area contributed by atoms with Crippen molar-refractivity contribution in [3.05, 3.63) is 58.9 Å². The Morgan fingerprint density at radius 3 is 2.56 bits per heavy atom. The van der Waals surface area contributed by atoms with E-state index in [1.807, 2.05) is 33.1 Å². The smallest absolute Gasteiger partial charge is 0.324 e. The predicted octanol–water partition coefficient (Wildman–Crippen LogP) is 4.74. The minimum Gasteiger partial charge on any atom is -0.508 e. The Kier molecular flexibility index (Phi) is 13.1. The molecule has 4 N–H and O–H groups in total. The molecule has 16 heteroatoms. The van der Waals surface area contributed by atoms with E-state index in [2.05, 4.69) is 59.6 Å². The normalized spacial score (nSPS) is 26.1. The molecule has 3 aromatic rings. The number of rotatable bonds is 9. The van der Waals surface area contributed by atoms with E-state index in [0.29, 0.717) is 76.9 Å². The van der Waals surface area contributed by atoms with Crippen LogP contribution in [0.2, 0.25) is 0 Å². The summed E-state index contributed by atoms with van der Waals surface area (Å²) in [5, 5.41) is 20.0. The van der Waals surface area contributed by atoms with Gasteiger partial charge in [-0.15, -0.1) is 0 Å². The number of benzene rings is 2. The summed E-state index contributed by atoms with van der Waals surface area (Å²) in [6.07, 6.45) is 5.96. The molecule has 0 radical (unpaired) electrons. The maximum absolute atomic E-state index is 14.8. The zero-order chi connectivity index (χ0) is 48.2. The summed E-state index contributed by atoms with van der Waals surface area (Å²) in [5.74, 6) is -1.80. The van der Waals surface area contributed by atoms with E-state index in [1.165, 1.54) is 5.01 Å². The molecule has 4 amide bonds. The third kappa shape index (κ3) is 9.06. The van der Waals surface area contributed by atoms with Crippen LogP contribution in [-0.4, -0.2) is 137 Å². The standard InChI is InChI=1S/C52H68N8O8/c1-8-58-42-14-13-33-25-37(42)38(45(58)36-11-9-17-53-43(36)31(4)67-7)26-51(5,6)29-68-49(65)39-12-10-18-60(56-39)48(64)40(23-32-21-34(33)24-35(61)22-32)55-46(62)44(30(2)3)59-20-16-52(50(59)66)15-19-57(28-52)47(63)41-27-54-41/h13-14,17,21-22,24-25,30-31,39-41,44,54,56,61H,8-12,15-16,18-20,23,26-29H2,1-7H3,(H,55,62)/t31-,39-,40-,41+,44-,52+/m0/s1. The lowest BCUT2D eigenvalue weighted by atomic mass is 9.83. The second kappa shape index (κ2) is 18.7. The van der Waals surface area contributed by atoms with Crippen molar-refractivity contribution < 1.29 is 38.6 Å².